The maximum Gasteiger partial charge on any atom is 0.257 e. The number of nitrogens with one attached hydrogen (secondary N) is 4. The van der Waals surface area contributed by atoms with Crippen LogP contribution < -0.4 is 10.6 Å². The molecule has 0 saturated heterocycles. The van der Waals surface area contributed by atoms with Crippen molar-refractivity contribution >= 4 is 79.3 Å². The van der Waals surface area contributed by atoms with Gasteiger partial charge in [-0.05, 0) is 111 Å². The average molecular weight is 844 g/mol. The molecule has 0 fully saturated rings. The van der Waals surface area contributed by atoms with Crippen molar-refractivity contribution in [1.82, 2.24) is 19.8 Å². The fourth-order valence-corrected chi connectivity index (χ4v) is 9.06. The van der Waals surface area contributed by atoms with E-state index in [2.05, 4.69) is 82.6 Å². The number of H-pyrrole nitrogens is 2. The molecule has 2 amide bonds. The molecule has 10 heteroatoms. The van der Waals surface area contributed by atoms with Crippen molar-refractivity contribution in [2.45, 2.75) is 78.3 Å². The van der Waals surface area contributed by atoms with Crippen LogP contribution in [0.2, 0.25) is 10.0 Å². The van der Waals surface area contributed by atoms with E-state index in [1.807, 2.05) is 60.7 Å². The molecule has 8 rings (SSSR count). The second-order valence-electron chi connectivity index (χ2n) is 15.8. The monoisotopic (exact) mass is 842 g/mol. The second-order valence-corrected chi connectivity index (χ2v) is 16.7. The minimum absolute atomic E-state index is 0.199. The van der Waals surface area contributed by atoms with Gasteiger partial charge in [-0.2, -0.15) is 0 Å². The third-order valence-corrected chi connectivity index (χ3v) is 12.7. The molecule has 0 bridgehead atoms. The van der Waals surface area contributed by atoms with Crippen molar-refractivity contribution in [2.24, 2.45) is 0 Å². The van der Waals surface area contributed by atoms with Crippen LogP contribution in [0.5, 0.6) is 0 Å². The summed E-state index contributed by atoms with van der Waals surface area (Å²) in [4.78, 5) is 37.1. The predicted octanol–water partition coefficient (Wildman–Crippen LogP) is 12.7. The first-order valence-corrected chi connectivity index (χ1v) is 22.1. The molecule has 8 nitrogen and oxygen atoms in total. The van der Waals surface area contributed by atoms with Crippen molar-refractivity contribution in [1.29, 1.82) is 0 Å². The molecule has 1 atom stereocenters. The summed E-state index contributed by atoms with van der Waals surface area (Å²) in [5.41, 5.74) is 9.83. The van der Waals surface area contributed by atoms with Crippen LogP contribution in [0.25, 0.3) is 33.0 Å². The van der Waals surface area contributed by atoms with Gasteiger partial charge >= 0.3 is 0 Å². The molecule has 4 aromatic carbocycles. The Bertz CT molecular complexity index is 2510. The number of aromatic nitrogens is 2. The number of hydrogen-bond acceptors (Lipinski definition) is 4. The number of aromatic amines is 2. The first-order chi connectivity index (χ1) is 29.2. The van der Waals surface area contributed by atoms with E-state index in [0.717, 1.165) is 72.2 Å². The maximum atomic E-state index is 12.6. The Balaban J connectivity index is 0.000000181. The van der Waals surface area contributed by atoms with Crippen LogP contribution in [0.15, 0.2) is 109 Å². The highest BCUT2D eigenvalue weighted by Crippen LogP contribution is 2.34. The lowest BCUT2D eigenvalue weighted by atomic mass is 9.97. The van der Waals surface area contributed by atoms with Gasteiger partial charge in [0.25, 0.3) is 11.8 Å². The van der Waals surface area contributed by atoms with E-state index in [1.165, 1.54) is 48.0 Å². The zero-order valence-corrected chi connectivity index (χ0v) is 36.6. The third kappa shape index (κ3) is 9.90. The lowest BCUT2D eigenvalue weighted by Gasteiger charge is -2.33. The highest BCUT2D eigenvalue weighted by Gasteiger charge is 2.22. The topological polar surface area (TPSA) is 96.3 Å². The van der Waals surface area contributed by atoms with Crippen molar-refractivity contribution < 1.29 is 9.59 Å². The van der Waals surface area contributed by atoms with Gasteiger partial charge in [0.05, 0.1) is 21.2 Å². The van der Waals surface area contributed by atoms with E-state index in [0.29, 0.717) is 33.3 Å². The summed E-state index contributed by atoms with van der Waals surface area (Å²) in [5, 5.41) is 9.13. The van der Waals surface area contributed by atoms with E-state index < -0.39 is 0 Å². The molecule has 2 aliphatic rings. The summed E-state index contributed by atoms with van der Waals surface area (Å²) < 4.78 is 0. The van der Waals surface area contributed by atoms with Gasteiger partial charge < -0.3 is 20.6 Å². The summed E-state index contributed by atoms with van der Waals surface area (Å²) in [5.74, 6) is -0.399. The predicted molar refractivity (Wildman–Crippen MR) is 252 cm³/mol. The SMILES string of the molecule is CCC(CC)N1CC=C(c2c[nH]c3ccc(NC(=O)c4ccccc4Cl)cc23)CC1.CCCC(C)N1CC=C(c2c[nH]c3ccc(NC(=O)c4ccccc4Cl)cc23)CC1. The van der Waals surface area contributed by atoms with Crippen LogP contribution in [0.4, 0.5) is 11.4 Å². The average Bonchev–Trinajstić information content (AvgIpc) is 3.89. The number of nitrogens with zero attached hydrogens (tertiary/aromatic N) is 2. The van der Waals surface area contributed by atoms with Gasteiger partial charge in [0.2, 0.25) is 0 Å². The van der Waals surface area contributed by atoms with Gasteiger partial charge in [-0.15, -0.1) is 0 Å². The zero-order valence-electron chi connectivity index (χ0n) is 35.1. The Morgan fingerprint density at radius 2 is 1.13 bits per heavy atom. The lowest BCUT2D eigenvalue weighted by Crippen LogP contribution is -2.37. The van der Waals surface area contributed by atoms with Gasteiger partial charge in [0, 0.05) is 95.0 Å². The number of anilines is 2. The molecule has 60 heavy (non-hydrogen) atoms. The number of benzene rings is 4. The van der Waals surface area contributed by atoms with Gasteiger partial charge in [-0.3, -0.25) is 19.4 Å². The largest absolute Gasteiger partial charge is 0.361 e. The normalized spacial score (nSPS) is 15.3. The molecule has 312 valence electrons. The highest BCUT2D eigenvalue weighted by molar-refractivity contribution is 6.35. The van der Waals surface area contributed by atoms with Crippen LogP contribution in [0.1, 0.15) is 98.1 Å². The third-order valence-electron chi connectivity index (χ3n) is 12.1. The summed E-state index contributed by atoms with van der Waals surface area (Å²) in [6, 6.07) is 27.4. The Morgan fingerprint density at radius 3 is 1.55 bits per heavy atom. The molecule has 1 unspecified atom stereocenters. The fourth-order valence-electron chi connectivity index (χ4n) is 8.61. The van der Waals surface area contributed by atoms with Crippen molar-refractivity contribution in [3.63, 3.8) is 0 Å². The molecule has 0 radical (unpaired) electrons. The molecular formula is C50H56Cl2N6O2. The van der Waals surface area contributed by atoms with E-state index in [1.54, 1.807) is 24.3 Å². The number of hydrogen-bond donors (Lipinski definition) is 4. The van der Waals surface area contributed by atoms with E-state index >= 15 is 0 Å². The van der Waals surface area contributed by atoms with Gasteiger partial charge in [0.15, 0.2) is 0 Å². The number of halogens is 2. The van der Waals surface area contributed by atoms with Crippen LogP contribution >= 0.6 is 23.2 Å². The van der Waals surface area contributed by atoms with Crippen molar-refractivity contribution in [3.05, 3.63) is 142 Å². The fraction of sp³-hybridized carbons (Fsp3) is 0.320. The second kappa shape index (κ2) is 20.0. The maximum absolute atomic E-state index is 12.6. The van der Waals surface area contributed by atoms with Crippen molar-refractivity contribution in [3.8, 4) is 0 Å². The van der Waals surface area contributed by atoms with Crippen LogP contribution in [0.3, 0.4) is 0 Å². The van der Waals surface area contributed by atoms with E-state index in [9.17, 15) is 9.59 Å². The molecular weight excluding hydrogens is 787 g/mol. The molecule has 6 aromatic rings. The number of amides is 2. The van der Waals surface area contributed by atoms with Gasteiger partial charge in [-0.1, -0.05) is 86.8 Å². The summed E-state index contributed by atoms with van der Waals surface area (Å²) in [7, 11) is 0. The zero-order chi connectivity index (χ0) is 42.2. The first-order valence-electron chi connectivity index (χ1n) is 21.4. The molecule has 4 heterocycles. The minimum Gasteiger partial charge on any atom is -0.361 e. The molecule has 0 aliphatic carbocycles. The summed E-state index contributed by atoms with van der Waals surface area (Å²) >= 11 is 12.3. The van der Waals surface area contributed by atoms with Crippen LogP contribution in [-0.2, 0) is 0 Å². The Labute approximate surface area is 364 Å². The number of carbonyl (C=O) groups is 2. The quantitative estimate of drug-likeness (QED) is 0.0986. The van der Waals surface area contributed by atoms with Crippen LogP contribution in [-0.4, -0.2) is 69.8 Å². The van der Waals surface area contributed by atoms with Gasteiger partial charge in [-0.25, -0.2) is 0 Å². The van der Waals surface area contributed by atoms with Crippen LogP contribution in [0, 0.1) is 0 Å². The molecule has 0 spiro atoms. The smallest absolute Gasteiger partial charge is 0.257 e. The Morgan fingerprint density at radius 1 is 0.667 bits per heavy atom. The molecule has 4 N–H and O–H groups in total. The summed E-state index contributed by atoms with van der Waals surface area (Å²) in [6.45, 7) is 13.3. The van der Waals surface area contributed by atoms with E-state index in [4.69, 9.17) is 23.2 Å². The Kier molecular flexibility index (Phi) is 14.3. The van der Waals surface area contributed by atoms with Gasteiger partial charge in [0.1, 0.15) is 0 Å². The number of fused-ring (bicyclic) bond motifs is 2. The number of rotatable bonds is 12. The lowest BCUT2D eigenvalue weighted by molar-refractivity contribution is 0.101. The molecule has 2 aromatic heterocycles. The first kappa shape index (κ1) is 43.0. The van der Waals surface area contributed by atoms with E-state index in [-0.39, 0.29) is 11.8 Å². The number of carbonyl (C=O) groups excluding carboxylic acids is 2. The van der Waals surface area contributed by atoms with Crippen molar-refractivity contribution in [2.75, 3.05) is 36.8 Å². The minimum atomic E-state index is -0.200. The standard InChI is InChI=1S/2C25H28ClN3O/c1-3-6-17(2)29-13-11-18(12-14-29)22-16-27-24-10-9-19(15-21(22)24)28-25(30)20-7-4-5-8-23(20)26;1-3-19(4-2)29-13-11-17(12-14-29)22-16-27-24-10-9-18(15-21(22)24)28-25(30)20-7-5-6-8-23(20)26/h4-5,7-11,15-17,27H,3,6,12-14H2,1-2H3,(H,28,30);5-11,15-16,19,27H,3-4,12-14H2,1-2H3,(H,28,30). The summed E-state index contributed by atoms with van der Waals surface area (Å²) in [6.07, 6.45) is 15.8. The molecule has 2 aliphatic heterocycles. The molecule has 0 saturated carbocycles. The Hall–Kier alpha value is -5.12. The highest BCUT2D eigenvalue weighted by atomic mass is 35.5.